The van der Waals surface area contributed by atoms with Gasteiger partial charge in [-0.1, -0.05) is 38.1 Å². The number of carboxylic acids is 1. The maximum Gasteiger partial charge on any atom is 0.303 e. The first-order valence-electron chi connectivity index (χ1n) is 8.66. The number of aliphatic carboxylic acids is 1. The van der Waals surface area contributed by atoms with E-state index in [4.69, 9.17) is 5.11 Å². The molecule has 0 atom stereocenters. The molecule has 0 aliphatic rings. The zero-order valence-electron chi connectivity index (χ0n) is 15.2. The standard InChI is InChI=1S/C20H22N2O2S2/c1-12(2)14-6-8-15(9-7-14)17-13(3)26-20-18(17)19(21-11-22-20)25-10-4-5-16(23)24/h6-9,11-12H,4-5,10H2,1-3H3,(H,23,24). The van der Waals surface area contributed by atoms with Crippen molar-refractivity contribution in [3.8, 4) is 11.1 Å². The molecule has 3 aromatic rings. The summed E-state index contributed by atoms with van der Waals surface area (Å²) in [5.74, 6) is 0.489. The van der Waals surface area contributed by atoms with Crippen molar-refractivity contribution in [1.29, 1.82) is 0 Å². The highest BCUT2D eigenvalue weighted by atomic mass is 32.2. The van der Waals surface area contributed by atoms with E-state index in [2.05, 4.69) is 55.0 Å². The van der Waals surface area contributed by atoms with Crippen molar-refractivity contribution in [2.24, 2.45) is 0 Å². The molecular formula is C20H22N2O2S2. The molecule has 2 aromatic heterocycles. The Balaban J connectivity index is 1.97. The van der Waals surface area contributed by atoms with E-state index in [0.717, 1.165) is 21.0 Å². The molecule has 0 saturated heterocycles. The van der Waals surface area contributed by atoms with Crippen LogP contribution in [0.1, 0.15) is 43.0 Å². The molecule has 0 unspecified atom stereocenters. The number of fused-ring (bicyclic) bond motifs is 1. The quantitative estimate of drug-likeness (QED) is 0.318. The normalized spacial score (nSPS) is 11.4. The van der Waals surface area contributed by atoms with Crippen molar-refractivity contribution in [1.82, 2.24) is 9.97 Å². The van der Waals surface area contributed by atoms with Crippen LogP contribution in [-0.2, 0) is 4.79 Å². The first-order chi connectivity index (χ1) is 12.5. The Morgan fingerprint density at radius 3 is 2.62 bits per heavy atom. The lowest BCUT2D eigenvalue weighted by molar-refractivity contribution is -0.137. The zero-order valence-corrected chi connectivity index (χ0v) is 16.8. The number of carbonyl (C=O) groups is 1. The summed E-state index contributed by atoms with van der Waals surface area (Å²) in [6.07, 6.45) is 2.42. The van der Waals surface area contributed by atoms with Crippen molar-refractivity contribution in [3.63, 3.8) is 0 Å². The summed E-state index contributed by atoms with van der Waals surface area (Å²) in [4.78, 5) is 21.9. The summed E-state index contributed by atoms with van der Waals surface area (Å²) < 4.78 is 0. The van der Waals surface area contributed by atoms with Crippen LogP contribution in [0.5, 0.6) is 0 Å². The van der Waals surface area contributed by atoms with Crippen LogP contribution in [0.25, 0.3) is 21.3 Å². The molecule has 0 amide bonds. The van der Waals surface area contributed by atoms with Gasteiger partial charge in [0, 0.05) is 22.6 Å². The van der Waals surface area contributed by atoms with Gasteiger partial charge >= 0.3 is 5.97 Å². The lowest BCUT2D eigenvalue weighted by Gasteiger charge is -2.09. The predicted molar refractivity (Wildman–Crippen MR) is 109 cm³/mol. The average Bonchev–Trinajstić information content (AvgIpc) is 2.95. The number of benzene rings is 1. The highest BCUT2D eigenvalue weighted by molar-refractivity contribution is 7.99. The summed E-state index contributed by atoms with van der Waals surface area (Å²) in [5, 5.41) is 10.8. The van der Waals surface area contributed by atoms with E-state index < -0.39 is 5.97 Å². The molecule has 26 heavy (non-hydrogen) atoms. The Kier molecular flexibility index (Phi) is 5.94. The first kappa shape index (κ1) is 18.9. The van der Waals surface area contributed by atoms with Gasteiger partial charge in [-0.05, 0) is 30.4 Å². The van der Waals surface area contributed by atoms with Crippen molar-refractivity contribution in [2.75, 3.05) is 5.75 Å². The third kappa shape index (κ3) is 4.07. The lowest BCUT2D eigenvalue weighted by Crippen LogP contribution is -1.95. The molecule has 1 aromatic carbocycles. The van der Waals surface area contributed by atoms with Crippen LogP contribution in [0.15, 0.2) is 35.6 Å². The number of rotatable bonds is 7. The second-order valence-corrected chi connectivity index (χ2v) is 8.80. The van der Waals surface area contributed by atoms with Gasteiger partial charge in [0.25, 0.3) is 0 Å². The molecule has 1 N–H and O–H groups in total. The highest BCUT2D eigenvalue weighted by Crippen LogP contribution is 2.41. The molecule has 136 valence electrons. The van der Waals surface area contributed by atoms with Crippen LogP contribution in [-0.4, -0.2) is 26.8 Å². The molecule has 0 fully saturated rings. The van der Waals surface area contributed by atoms with E-state index in [1.54, 1.807) is 29.4 Å². The van der Waals surface area contributed by atoms with Crippen molar-refractivity contribution in [3.05, 3.63) is 41.0 Å². The largest absolute Gasteiger partial charge is 0.481 e. The van der Waals surface area contributed by atoms with Gasteiger partial charge in [0.15, 0.2) is 0 Å². The topological polar surface area (TPSA) is 63.1 Å². The lowest BCUT2D eigenvalue weighted by atomic mass is 9.98. The molecule has 2 heterocycles. The van der Waals surface area contributed by atoms with Gasteiger partial charge < -0.3 is 5.11 Å². The van der Waals surface area contributed by atoms with E-state index in [9.17, 15) is 4.79 Å². The maximum absolute atomic E-state index is 10.7. The third-order valence-electron chi connectivity index (χ3n) is 4.27. The van der Waals surface area contributed by atoms with Crippen molar-refractivity contribution < 1.29 is 9.90 Å². The van der Waals surface area contributed by atoms with E-state index in [1.807, 2.05) is 0 Å². The Hall–Kier alpha value is -1.92. The van der Waals surface area contributed by atoms with Gasteiger partial charge in [-0.15, -0.1) is 23.1 Å². The van der Waals surface area contributed by atoms with Crippen molar-refractivity contribution in [2.45, 2.75) is 44.6 Å². The molecule has 0 aliphatic carbocycles. The minimum atomic E-state index is -0.754. The summed E-state index contributed by atoms with van der Waals surface area (Å²) in [6, 6.07) is 8.73. The van der Waals surface area contributed by atoms with Gasteiger partial charge in [-0.3, -0.25) is 4.79 Å². The molecule has 0 bridgehead atoms. The average molecular weight is 387 g/mol. The highest BCUT2D eigenvalue weighted by Gasteiger charge is 2.17. The first-order valence-corrected chi connectivity index (χ1v) is 10.5. The Morgan fingerprint density at radius 1 is 1.23 bits per heavy atom. The fraction of sp³-hybridized carbons (Fsp3) is 0.350. The Labute approximate surface area is 161 Å². The van der Waals surface area contributed by atoms with E-state index in [-0.39, 0.29) is 6.42 Å². The summed E-state index contributed by atoms with van der Waals surface area (Å²) in [6.45, 7) is 6.51. The molecule has 0 saturated carbocycles. The molecule has 3 rings (SSSR count). The van der Waals surface area contributed by atoms with Gasteiger partial charge in [0.2, 0.25) is 0 Å². The number of carboxylic acid groups (broad SMARTS) is 1. The number of thioether (sulfide) groups is 1. The minimum Gasteiger partial charge on any atom is -0.481 e. The number of hydrogen-bond donors (Lipinski definition) is 1. The third-order valence-corrected chi connectivity index (χ3v) is 6.36. The zero-order chi connectivity index (χ0) is 18.7. The summed E-state index contributed by atoms with van der Waals surface area (Å²) in [7, 11) is 0. The second kappa shape index (κ2) is 8.18. The van der Waals surface area contributed by atoms with Crippen LogP contribution in [0.3, 0.4) is 0 Å². The smallest absolute Gasteiger partial charge is 0.303 e. The number of aryl methyl sites for hydroxylation is 1. The van der Waals surface area contributed by atoms with Crippen LogP contribution in [0.4, 0.5) is 0 Å². The fourth-order valence-corrected chi connectivity index (χ4v) is 4.93. The van der Waals surface area contributed by atoms with Gasteiger partial charge in [0.1, 0.15) is 16.2 Å². The van der Waals surface area contributed by atoms with Crippen LogP contribution in [0.2, 0.25) is 0 Å². The van der Waals surface area contributed by atoms with Crippen molar-refractivity contribution >= 4 is 39.3 Å². The number of thiophene rings is 1. The SMILES string of the molecule is Cc1sc2ncnc(SCCCC(=O)O)c2c1-c1ccc(C(C)C)cc1. The second-order valence-electron chi connectivity index (χ2n) is 6.51. The number of hydrogen-bond acceptors (Lipinski definition) is 5. The Bertz CT molecular complexity index is 917. The monoisotopic (exact) mass is 386 g/mol. The molecule has 0 spiro atoms. The predicted octanol–water partition coefficient (Wildman–Crippen LogP) is 5.75. The minimum absolute atomic E-state index is 0.188. The molecule has 0 aliphatic heterocycles. The fourth-order valence-electron chi connectivity index (χ4n) is 2.90. The molecule has 6 heteroatoms. The van der Waals surface area contributed by atoms with Gasteiger partial charge in [-0.2, -0.15) is 0 Å². The van der Waals surface area contributed by atoms with Crippen LogP contribution in [0, 0.1) is 6.92 Å². The maximum atomic E-state index is 10.7. The molecule has 0 radical (unpaired) electrons. The van der Waals surface area contributed by atoms with E-state index in [1.165, 1.54) is 21.6 Å². The summed E-state index contributed by atoms with van der Waals surface area (Å²) in [5.41, 5.74) is 3.70. The van der Waals surface area contributed by atoms with E-state index in [0.29, 0.717) is 12.3 Å². The van der Waals surface area contributed by atoms with Crippen LogP contribution >= 0.6 is 23.1 Å². The molecule has 4 nitrogen and oxygen atoms in total. The van der Waals surface area contributed by atoms with E-state index >= 15 is 0 Å². The number of nitrogens with zero attached hydrogens (tertiary/aromatic N) is 2. The van der Waals surface area contributed by atoms with Gasteiger partial charge in [-0.25, -0.2) is 9.97 Å². The van der Waals surface area contributed by atoms with Crippen LogP contribution < -0.4 is 0 Å². The summed E-state index contributed by atoms with van der Waals surface area (Å²) >= 11 is 3.30. The van der Waals surface area contributed by atoms with Gasteiger partial charge in [0.05, 0.1) is 5.39 Å². The Morgan fingerprint density at radius 2 is 1.96 bits per heavy atom. The number of aromatic nitrogens is 2. The molecular weight excluding hydrogens is 364 g/mol.